The monoisotopic (exact) mass is 405 g/mol. The quantitative estimate of drug-likeness (QED) is 0.828. The number of hydrogen-bond donors (Lipinski definition) is 1. The van der Waals surface area contributed by atoms with E-state index in [0.717, 1.165) is 28.0 Å². The molecule has 2 aromatic rings. The standard InChI is InChI=1S/C18H20BrN3O3/c1-11-9-20-22(10-12-2-3-12)18(11)21-17(23)7-13-6-15-16(8-14(13)19)25-5-4-24-15/h6,8-9,12H,2-5,7,10H2,1H3,(H,21,23). The topological polar surface area (TPSA) is 65.4 Å². The van der Waals surface area contributed by atoms with Crippen LogP contribution in [-0.4, -0.2) is 28.9 Å². The van der Waals surface area contributed by atoms with Gasteiger partial charge >= 0.3 is 0 Å². The molecule has 132 valence electrons. The average molecular weight is 406 g/mol. The SMILES string of the molecule is Cc1cnn(CC2CC2)c1NC(=O)Cc1cc2c(cc1Br)OCCO2. The number of nitrogens with zero attached hydrogens (tertiary/aromatic N) is 2. The maximum atomic E-state index is 12.6. The minimum absolute atomic E-state index is 0.0713. The third kappa shape index (κ3) is 3.66. The first-order valence-corrected chi connectivity index (χ1v) is 9.29. The zero-order valence-corrected chi connectivity index (χ0v) is 15.6. The maximum Gasteiger partial charge on any atom is 0.229 e. The Hall–Kier alpha value is -2.02. The van der Waals surface area contributed by atoms with E-state index in [4.69, 9.17) is 9.47 Å². The Morgan fingerprint density at radius 2 is 2.04 bits per heavy atom. The molecule has 4 rings (SSSR count). The summed E-state index contributed by atoms with van der Waals surface area (Å²) in [6.07, 6.45) is 4.55. The van der Waals surface area contributed by atoms with Crippen LogP contribution in [0, 0.1) is 12.8 Å². The van der Waals surface area contributed by atoms with Crippen molar-refractivity contribution in [2.45, 2.75) is 32.7 Å². The summed E-state index contributed by atoms with van der Waals surface area (Å²) in [7, 11) is 0. The van der Waals surface area contributed by atoms with Crippen molar-refractivity contribution >= 4 is 27.7 Å². The van der Waals surface area contributed by atoms with Crippen molar-refractivity contribution in [1.82, 2.24) is 9.78 Å². The number of hydrogen-bond acceptors (Lipinski definition) is 4. The number of rotatable bonds is 5. The maximum absolute atomic E-state index is 12.6. The van der Waals surface area contributed by atoms with Crippen LogP contribution in [0.5, 0.6) is 11.5 Å². The van der Waals surface area contributed by atoms with Gasteiger partial charge in [-0.25, -0.2) is 4.68 Å². The van der Waals surface area contributed by atoms with Crippen LogP contribution < -0.4 is 14.8 Å². The molecule has 1 aliphatic carbocycles. The summed E-state index contributed by atoms with van der Waals surface area (Å²) in [5.41, 5.74) is 1.85. The molecule has 25 heavy (non-hydrogen) atoms. The fraction of sp³-hybridized carbons (Fsp3) is 0.444. The smallest absolute Gasteiger partial charge is 0.229 e. The van der Waals surface area contributed by atoms with Gasteiger partial charge in [-0.1, -0.05) is 15.9 Å². The normalized spacial score (nSPS) is 15.9. The van der Waals surface area contributed by atoms with E-state index in [-0.39, 0.29) is 12.3 Å². The van der Waals surface area contributed by atoms with Crippen LogP contribution >= 0.6 is 15.9 Å². The number of aryl methyl sites for hydroxylation is 1. The largest absolute Gasteiger partial charge is 0.486 e. The summed E-state index contributed by atoms with van der Waals surface area (Å²) in [6.45, 7) is 3.91. The molecule has 1 aromatic carbocycles. The summed E-state index contributed by atoms with van der Waals surface area (Å²) in [5.74, 6) is 2.82. The fourth-order valence-electron chi connectivity index (χ4n) is 2.92. The van der Waals surface area contributed by atoms with Crippen molar-refractivity contribution in [1.29, 1.82) is 0 Å². The highest BCUT2D eigenvalue weighted by atomic mass is 79.9. The molecule has 0 saturated heterocycles. The van der Waals surface area contributed by atoms with Crippen LogP contribution in [-0.2, 0) is 17.8 Å². The molecule has 6 nitrogen and oxygen atoms in total. The summed E-state index contributed by atoms with van der Waals surface area (Å²) in [4.78, 5) is 12.6. The van der Waals surface area contributed by atoms with Gasteiger partial charge in [0.1, 0.15) is 19.0 Å². The van der Waals surface area contributed by atoms with Crippen LogP contribution in [0.15, 0.2) is 22.8 Å². The lowest BCUT2D eigenvalue weighted by atomic mass is 10.1. The highest BCUT2D eigenvalue weighted by molar-refractivity contribution is 9.10. The Balaban J connectivity index is 1.48. The van der Waals surface area contributed by atoms with E-state index in [0.29, 0.717) is 30.6 Å². The van der Waals surface area contributed by atoms with Crippen molar-refractivity contribution in [3.05, 3.63) is 33.9 Å². The summed E-state index contributed by atoms with van der Waals surface area (Å²) in [6, 6.07) is 3.73. The summed E-state index contributed by atoms with van der Waals surface area (Å²) >= 11 is 3.52. The van der Waals surface area contributed by atoms with E-state index in [1.807, 2.05) is 23.7 Å². The number of benzene rings is 1. The Morgan fingerprint density at radius 1 is 1.32 bits per heavy atom. The lowest BCUT2D eigenvalue weighted by Crippen LogP contribution is -2.20. The number of anilines is 1. The second kappa shape index (κ2) is 6.71. The zero-order valence-electron chi connectivity index (χ0n) is 14.0. The molecule has 1 amide bonds. The van der Waals surface area contributed by atoms with Crippen molar-refractivity contribution in [3.63, 3.8) is 0 Å². The lowest BCUT2D eigenvalue weighted by Gasteiger charge is -2.20. The molecule has 0 radical (unpaired) electrons. The Bertz CT molecular complexity index is 814. The molecule has 0 spiro atoms. The van der Waals surface area contributed by atoms with Gasteiger partial charge in [-0.15, -0.1) is 0 Å². The number of amides is 1. The van der Waals surface area contributed by atoms with Gasteiger partial charge in [0.2, 0.25) is 5.91 Å². The van der Waals surface area contributed by atoms with E-state index in [2.05, 4.69) is 26.3 Å². The van der Waals surface area contributed by atoms with Crippen LogP contribution in [0.3, 0.4) is 0 Å². The van der Waals surface area contributed by atoms with Gasteiger partial charge in [0.15, 0.2) is 11.5 Å². The number of ether oxygens (including phenoxy) is 2. The first kappa shape index (κ1) is 16.4. The summed E-state index contributed by atoms with van der Waals surface area (Å²) < 4.78 is 13.9. The average Bonchev–Trinajstić information content (AvgIpc) is 3.35. The molecular formula is C18H20BrN3O3. The van der Waals surface area contributed by atoms with Crippen LogP contribution in [0.4, 0.5) is 5.82 Å². The molecule has 0 bridgehead atoms. The number of aromatic nitrogens is 2. The number of carbonyl (C=O) groups excluding carboxylic acids is 1. The molecule has 7 heteroatoms. The second-order valence-corrected chi connectivity index (χ2v) is 7.47. The van der Waals surface area contributed by atoms with E-state index in [1.54, 1.807) is 6.20 Å². The Kier molecular flexibility index (Phi) is 4.41. The molecule has 1 fully saturated rings. The molecule has 1 N–H and O–H groups in total. The van der Waals surface area contributed by atoms with Crippen molar-refractivity contribution < 1.29 is 14.3 Å². The van der Waals surface area contributed by atoms with Gasteiger partial charge in [0, 0.05) is 16.6 Å². The van der Waals surface area contributed by atoms with E-state index >= 15 is 0 Å². The van der Waals surface area contributed by atoms with Gasteiger partial charge in [0.25, 0.3) is 0 Å². The van der Waals surface area contributed by atoms with Crippen LogP contribution in [0.2, 0.25) is 0 Å². The first-order chi connectivity index (χ1) is 12.1. The minimum atomic E-state index is -0.0713. The third-order valence-corrected chi connectivity index (χ3v) is 5.21. The molecule has 1 saturated carbocycles. The highest BCUT2D eigenvalue weighted by Crippen LogP contribution is 2.36. The molecule has 2 heterocycles. The third-order valence-electron chi connectivity index (χ3n) is 4.47. The molecule has 1 aromatic heterocycles. The predicted molar refractivity (Wildman–Crippen MR) is 97.2 cm³/mol. The Labute approximate surface area is 154 Å². The van der Waals surface area contributed by atoms with E-state index in [9.17, 15) is 4.79 Å². The molecule has 2 aliphatic rings. The van der Waals surface area contributed by atoms with Gasteiger partial charge in [-0.05, 0) is 43.4 Å². The molecule has 1 aliphatic heterocycles. The van der Waals surface area contributed by atoms with Gasteiger partial charge in [-0.2, -0.15) is 5.10 Å². The van der Waals surface area contributed by atoms with Gasteiger partial charge in [-0.3, -0.25) is 4.79 Å². The highest BCUT2D eigenvalue weighted by Gasteiger charge is 2.24. The van der Waals surface area contributed by atoms with Crippen molar-refractivity contribution in [2.75, 3.05) is 18.5 Å². The Morgan fingerprint density at radius 3 is 2.76 bits per heavy atom. The number of carbonyl (C=O) groups is 1. The predicted octanol–water partition coefficient (Wildman–Crippen LogP) is 3.32. The van der Waals surface area contributed by atoms with E-state index in [1.165, 1.54) is 12.8 Å². The molecular weight excluding hydrogens is 386 g/mol. The molecule has 0 atom stereocenters. The van der Waals surface area contributed by atoms with Crippen molar-refractivity contribution in [3.8, 4) is 11.5 Å². The zero-order chi connectivity index (χ0) is 17.4. The van der Waals surface area contributed by atoms with Crippen molar-refractivity contribution in [2.24, 2.45) is 5.92 Å². The number of fused-ring (bicyclic) bond motifs is 1. The second-order valence-electron chi connectivity index (χ2n) is 6.61. The minimum Gasteiger partial charge on any atom is -0.486 e. The summed E-state index contributed by atoms with van der Waals surface area (Å²) in [5, 5.41) is 7.40. The number of nitrogens with one attached hydrogen (secondary N) is 1. The fourth-order valence-corrected chi connectivity index (χ4v) is 3.38. The van der Waals surface area contributed by atoms with Crippen LogP contribution in [0.1, 0.15) is 24.0 Å². The van der Waals surface area contributed by atoms with E-state index < -0.39 is 0 Å². The lowest BCUT2D eigenvalue weighted by molar-refractivity contribution is -0.115. The van der Waals surface area contributed by atoms with Gasteiger partial charge in [0.05, 0.1) is 12.6 Å². The van der Waals surface area contributed by atoms with Crippen LogP contribution in [0.25, 0.3) is 0 Å². The van der Waals surface area contributed by atoms with Gasteiger partial charge < -0.3 is 14.8 Å². The first-order valence-electron chi connectivity index (χ1n) is 8.50. The molecule has 0 unspecified atom stereocenters. The number of halogens is 1.